The van der Waals surface area contributed by atoms with E-state index in [1.54, 1.807) is 14.0 Å². The number of benzene rings is 3. The number of carbonyl (C=O) groups is 4. The van der Waals surface area contributed by atoms with E-state index >= 15 is 0 Å². The van der Waals surface area contributed by atoms with Gasteiger partial charge in [-0.15, -0.1) is 0 Å². The lowest BCUT2D eigenvalue weighted by Gasteiger charge is -2.44. The summed E-state index contributed by atoms with van der Waals surface area (Å²) in [5, 5.41) is 91.9. The average Bonchev–Trinajstić information content (AvgIpc) is 3.09. The number of likely N-dealkylation sites (N-methyl/N-ethyl adjacent to an activating group) is 1. The number of aryl methyl sites for hydroxylation is 1. The molecule has 1 fully saturated rings. The number of carbonyl (C=O) groups excluding carboxylic acids is 3. The van der Waals surface area contributed by atoms with Crippen LogP contribution >= 0.6 is 0 Å². The standard InChI is InChI=1S/C35H36N2O15/c1-10-5-16-22(28(43)19(10)33(47)37-17(9-38)34(48)49)21-14(27(42)32(16)52-35-31(46)30(45)24(36-3)11(2)51-35)8-15-23(29(21)44)26(41)13-6-12(50-4)7-18(39)20(13)25(15)40/h5-8,11,17,24,27,30-32,35-36,38-39,42-46H,9H2,1-4H3,(H,37,47)(H,48,49)/t11-,17+,24+,27+,30+,31-,32+,35+/m1/s1. The quantitative estimate of drug-likeness (QED) is 0.114. The van der Waals surface area contributed by atoms with Crippen molar-refractivity contribution in [2.24, 2.45) is 0 Å². The molecule has 1 heterocycles. The molecule has 6 rings (SSSR count). The van der Waals surface area contributed by atoms with Crippen molar-refractivity contribution >= 4 is 23.4 Å². The molecule has 52 heavy (non-hydrogen) atoms. The van der Waals surface area contributed by atoms with Gasteiger partial charge >= 0.3 is 5.97 Å². The fourth-order valence-corrected chi connectivity index (χ4v) is 7.19. The highest BCUT2D eigenvalue weighted by Crippen LogP contribution is 2.57. The Bertz CT molecular complexity index is 2030. The van der Waals surface area contributed by atoms with Crippen molar-refractivity contribution in [3.05, 3.63) is 68.8 Å². The second-order valence-electron chi connectivity index (χ2n) is 12.8. The van der Waals surface area contributed by atoms with Crippen molar-refractivity contribution in [1.29, 1.82) is 0 Å². The maximum absolute atomic E-state index is 13.9. The number of methoxy groups -OCH3 is 1. The third-order valence-electron chi connectivity index (χ3n) is 9.77. The summed E-state index contributed by atoms with van der Waals surface area (Å²) in [6.07, 6.45) is -8.85. The van der Waals surface area contributed by atoms with Gasteiger partial charge in [-0.1, -0.05) is 6.07 Å². The molecule has 1 amide bonds. The molecule has 0 bridgehead atoms. The Labute approximate surface area is 294 Å². The van der Waals surface area contributed by atoms with Crippen LogP contribution in [0.25, 0.3) is 11.1 Å². The zero-order valence-electron chi connectivity index (χ0n) is 28.1. The van der Waals surface area contributed by atoms with Crippen LogP contribution in [0.4, 0.5) is 0 Å². The summed E-state index contributed by atoms with van der Waals surface area (Å²) in [5.74, 6) is -6.88. The van der Waals surface area contributed by atoms with Gasteiger partial charge in [0, 0.05) is 28.3 Å². The van der Waals surface area contributed by atoms with Gasteiger partial charge in [0.15, 0.2) is 23.9 Å². The van der Waals surface area contributed by atoms with E-state index in [2.05, 4.69) is 10.6 Å². The number of amides is 1. The van der Waals surface area contributed by atoms with Crippen molar-refractivity contribution in [2.75, 3.05) is 20.8 Å². The highest BCUT2D eigenvalue weighted by molar-refractivity contribution is 6.31. The average molecular weight is 725 g/mol. The minimum atomic E-state index is -1.83. The van der Waals surface area contributed by atoms with Gasteiger partial charge in [-0.25, -0.2) is 4.79 Å². The van der Waals surface area contributed by atoms with Crippen LogP contribution in [-0.4, -0.2) is 122 Å². The van der Waals surface area contributed by atoms with Crippen molar-refractivity contribution < 1.29 is 74.2 Å². The number of rotatable bonds is 8. The molecular weight excluding hydrogens is 688 g/mol. The Balaban J connectivity index is 1.58. The first kappa shape index (κ1) is 36.6. The number of aliphatic carboxylic acids is 1. The van der Waals surface area contributed by atoms with E-state index in [0.29, 0.717) is 0 Å². The Kier molecular flexibility index (Phi) is 9.47. The second-order valence-corrected chi connectivity index (χ2v) is 12.8. The molecule has 1 aliphatic heterocycles. The molecule has 17 heteroatoms. The van der Waals surface area contributed by atoms with Crippen molar-refractivity contribution in [2.45, 2.75) is 62.7 Å². The van der Waals surface area contributed by atoms with Crippen LogP contribution in [0.3, 0.4) is 0 Å². The summed E-state index contributed by atoms with van der Waals surface area (Å²) < 4.78 is 17.1. The first-order valence-electron chi connectivity index (χ1n) is 16.0. The van der Waals surface area contributed by atoms with E-state index in [4.69, 9.17) is 14.2 Å². The van der Waals surface area contributed by atoms with Crippen molar-refractivity contribution in [3.8, 4) is 34.1 Å². The van der Waals surface area contributed by atoms with Gasteiger partial charge in [-0.3, -0.25) is 14.4 Å². The molecule has 276 valence electrons. The molecule has 10 N–H and O–H groups in total. The summed E-state index contributed by atoms with van der Waals surface area (Å²) >= 11 is 0. The Morgan fingerprint density at radius 1 is 0.904 bits per heavy atom. The molecule has 3 aromatic rings. The lowest BCUT2D eigenvalue weighted by molar-refractivity contribution is -0.295. The first-order valence-corrected chi connectivity index (χ1v) is 16.0. The van der Waals surface area contributed by atoms with Crippen LogP contribution < -0.4 is 15.4 Å². The maximum Gasteiger partial charge on any atom is 0.328 e. The molecule has 3 aromatic carbocycles. The van der Waals surface area contributed by atoms with E-state index in [-0.39, 0.29) is 33.6 Å². The number of carboxylic acids is 1. The molecule has 8 atom stereocenters. The minimum absolute atomic E-state index is 0.00837. The number of aliphatic hydroxyl groups is 4. The molecule has 1 saturated heterocycles. The third kappa shape index (κ3) is 5.54. The molecule has 0 saturated carbocycles. The van der Waals surface area contributed by atoms with E-state index in [1.165, 1.54) is 26.2 Å². The van der Waals surface area contributed by atoms with Crippen molar-refractivity contribution in [1.82, 2.24) is 10.6 Å². The highest BCUT2D eigenvalue weighted by atomic mass is 16.7. The zero-order valence-corrected chi connectivity index (χ0v) is 28.1. The summed E-state index contributed by atoms with van der Waals surface area (Å²) in [6, 6.07) is 2.17. The van der Waals surface area contributed by atoms with Crippen molar-refractivity contribution in [3.63, 3.8) is 0 Å². The summed E-state index contributed by atoms with van der Waals surface area (Å²) in [5.41, 5.74) is -3.34. The van der Waals surface area contributed by atoms with E-state index in [1.807, 2.05) is 0 Å². The Hall–Kier alpha value is -5.14. The molecule has 0 aromatic heterocycles. The Morgan fingerprint density at radius 3 is 2.15 bits per heavy atom. The lowest BCUT2D eigenvalue weighted by Crippen LogP contribution is -2.61. The minimum Gasteiger partial charge on any atom is -0.507 e. The molecule has 3 aliphatic rings. The van der Waals surface area contributed by atoms with Gasteiger partial charge in [-0.2, -0.15) is 0 Å². The van der Waals surface area contributed by atoms with E-state index < -0.39 is 124 Å². The predicted octanol–water partition coefficient (Wildman–Crippen LogP) is -0.103. The van der Waals surface area contributed by atoms with Crippen LogP contribution in [-0.2, 0) is 14.3 Å². The molecule has 0 unspecified atom stereocenters. The topological polar surface area (TPSA) is 282 Å². The number of hydrogen-bond donors (Lipinski definition) is 10. The smallest absolute Gasteiger partial charge is 0.328 e. The van der Waals surface area contributed by atoms with E-state index in [0.717, 1.165) is 12.1 Å². The normalized spacial score (nSPS) is 25.3. The predicted molar refractivity (Wildman–Crippen MR) is 175 cm³/mol. The molecule has 2 aliphatic carbocycles. The number of fused-ring (bicyclic) bond motifs is 5. The second kappa shape index (κ2) is 13.4. The van der Waals surface area contributed by atoms with Gasteiger partial charge < -0.3 is 65.7 Å². The third-order valence-corrected chi connectivity index (χ3v) is 9.77. The maximum atomic E-state index is 13.9. The largest absolute Gasteiger partial charge is 0.507 e. The number of aromatic hydroxyl groups is 3. The molecule has 0 spiro atoms. The summed E-state index contributed by atoms with van der Waals surface area (Å²) in [6.45, 7) is 1.97. The fraction of sp³-hybridized carbons (Fsp3) is 0.371. The van der Waals surface area contributed by atoms with Gasteiger partial charge in [-0.05, 0) is 49.7 Å². The number of ketones is 2. The number of hydrogen-bond acceptors (Lipinski definition) is 15. The summed E-state index contributed by atoms with van der Waals surface area (Å²) in [7, 11) is 2.82. The van der Waals surface area contributed by atoms with Gasteiger partial charge in [0.2, 0.25) is 0 Å². The van der Waals surface area contributed by atoms with Crippen LogP contribution in [0, 0.1) is 6.92 Å². The first-order chi connectivity index (χ1) is 24.6. The number of carboxylic acid groups (broad SMARTS) is 1. The lowest BCUT2D eigenvalue weighted by atomic mass is 9.74. The van der Waals surface area contributed by atoms with E-state index in [9.17, 15) is 60.0 Å². The monoisotopic (exact) mass is 724 g/mol. The number of nitrogens with one attached hydrogen (secondary N) is 2. The Morgan fingerprint density at radius 2 is 1.54 bits per heavy atom. The fourth-order valence-electron chi connectivity index (χ4n) is 7.19. The number of phenolic OH excluding ortho intramolecular Hbond substituents is 3. The van der Waals surface area contributed by atoms with Crippen LogP contribution in [0.5, 0.6) is 23.0 Å². The zero-order chi connectivity index (χ0) is 38.1. The van der Waals surface area contributed by atoms with Gasteiger partial charge in [0.1, 0.15) is 47.4 Å². The van der Waals surface area contributed by atoms with Gasteiger partial charge in [0.05, 0.1) is 42.6 Å². The van der Waals surface area contributed by atoms with Crippen LogP contribution in [0.15, 0.2) is 24.3 Å². The highest BCUT2D eigenvalue weighted by Gasteiger charge is 2.48. The van der Waals surface area contributed by atoms with Crippen LogP contribution in [0.1, 0.15) is 78.0 Å². The number of phenols is 3. The number of ether oxygens (including phenoxy) is 3. The molecular formula is C35H36N2O15. The number of aliphatic hydroxyl groups excluding tert-OH is 4. The molecule has 17 nitrogen and oxygen atoms in total. The van der Waals surface area contributed by atoms with Gasteiger partial charge in [0.25, 0.3) is 5.91 Å². The summed E-state index contributed by atoms with van der Waals surface area (Å²) in [4.78, 5) is 52.8. The molecule has 0 radical (unpaired) electrons. The van der Waals surface area contributed by atoms with Crippen LogP contribution in [0.2, 0.25) is 0 Å². The SMILES string of the molecule is CN[C@@H]1[C@H](O)[C@@H](O)[C@H](O[C@H]2c3cc(C)c(C(=O)N[C@@H](CO)C(=O)O)c(O)c3-c3c(cc4c(c3O)C(=O)c3cc(OC)cc(O)c3C4=O)[C@@H]2O)O[C@@H]1C.